The van der Waals surface area contributed by atoms with E-state index in [4.69, 9.17) is 5.73 Å². The summed E-state index contributed by atoms with van der Waals surface area (Å²) in [6, 6.07) is 12.3. The number of benzene rings is 2. The number of aromatic nitrogens is 2. The molecule has 0 radical (unpaired) electrons. The Bertz CT molecular complexity index is 902. The second kappa shape index (κ2) is 5.18. The SMILES string of the molecule is CC(C)c1ccc(C(=O)n2c(=O)[nH]c3cc(N)ccc32)cc1. The van der Waals surface area contributed by atoms with Crippen LogP contribution in [-0.2, 0) is 0 Å². The summed E-state index contributed by atoms with van der Waals surface area (Å²) < 4.78 is 1.14. The standard InChI is InChI=1S/C17H17N3O2/c1-10(2)11-3-5-12(6-4-11)16(21)20-15-8-7-13(18)9-14(15)19-17(20)22/h3-10H,18H2,1-2H3,(H,19,22). The lowest BCUT2D eigenvalue weighted by Crippen LogP contribution is -2.24. The van der Waals surface area contributed by atoms with Crippen molar-refractivity contribution < 1.29 is 4.79 Å². The average Bonchev–Trinajstić information content (AvgIpc) is 2.81. The van der Waals surface area contributed by atoms with Crippen LogP contribution in [0.25, 0.3) is 11.0 Å². The smallest absolute Gasteiger partial charge is 0.333 e. The van der Waals surface area contributed by atoms with E-state index in [1.54, 1.807) is 30.3 Å². The molecule has 1 heterocycles. The van der Waals surface area contributed by atoms with E-state index in [2.05, 4.69) is 18.8 Å². The van der Waals surface area contributed by atoms with E-state index in [0.717, 1.165) is 10.1 Å². The van der Waals surface area contributed by atoms with Gasteiger partial charge in [-0.1, -0.05) is 26.0 Å². The van der Waals surface area contributed by atoms with Gasteiger partial charge in [-0.2, -0.15) is 0 Å². The van der Waals surface area contributed by atoms with Gasteiger partial charge < -0.3 is 10.7 Å². The largest absolute Gasteiger partial charge is 0.399 e. The van der Waals surface area contributed by atoms with Crippen LogP contribution in [0.3, 0.4) is 0 Å². The van der Waals surface area contributed by atoms with Gasteiger partial charge in [-0.05, 0) is 41.8 Å². The molecular formula is C17H17N3O2. The van der Waals surface area contributed by atoms with Gasteiger partial charge in [-0.3, -0.25) is 4.79 Å². The number of nitrogens with two attached hydrogens (primary N) is 1. The van der Waals surface area contributed by atoms with Gasteiger partial charge in [0.15, 0.2) is 0 Å². The number of rotatable bonds is 2. The first-order valence-electron chi connectivity index (χ1n) is 7.12. The lowest BCUT2D eigenvalue weighted by Gasteiger charge is -2.07. The van der Waals surface area contributed by atoms with Crippen LogP contribution >= 0.6 is 0 Å². The summed E-state index contributed by atoms with van der Waals surface area (Å²) in [4.78, 5) is 27.4. The Hall–Kier alpha value is -2.82. The fourth-order valence-electron chi connectivity index (χ4n) is 2.47. The van der Waals surface area contributed by atoms with Crippen molar-refractivity contribution in [3.63, 3.8) is 0 Å². The van der Waals surface area contributed by atoms with Crippen molar-refractivity contribution in [1.82, 2.24) is 9.55 Å². The Balaban J connectivity index is 2.09. The first-order chi connectivity index (χ1) is 10.5. The van der Waals surface area contributed by atoms with Crippen LogP contribution in [0.4, 0.5) is 5.69 Å². The third-order valence-electron chi connectivity index (χ3n) is 3.73. The summed E-state index contributed by atoms with van der Waals surface area (Å²) in [6.07, 6.45) is 0. The Morgan fingerprint density at radius 2 is 1.82 bits per heavy atom. The molecule has 3 N–H and O–H groups in total. The molecule has 0 aliphatic heterocycles. The number of carbonyl (C=O) groups is 1. The Labute approximate surface area is 127 Å². The number of nitrogens with one attached hydrogen (secondary N) is 1. The van der Waals surface area contributed by atoms with Gasteiger partial charge in [-0.15, -0.1) is 0 Å². The highest BCUT2D eigenvalue weighted by molar-refractivity contribution is 6.01. The predicted molar refractivity (Wildman–Crippen MR) is 87.2 cm³/mol. The molecule has 0 atom stereocenters. The van der Waals surface area contributed by atoms with E-state index in [-0.39, 0.29) is 5.91 Å². The molecule has 0 fully saturated rings. The monoisotopic (exact) mass is 295 g/mol. The summed E-state index contributed by atoms with van der Waals surface area (Å²) >= 11 is 0. The van der Waals surface area contributed by atoms with Crippen LogP contribution in [0.1, 0.15) is 35.7 Å². The number of H-pyrrole nitrogens is 1. The quantitative estimate of drug-likeness (QED) is 0.713. The second-order valence-corrected chi connectivity index (χ2v) is 5.62. The first kappa shape index (κ1) is 14.1. The van der Waals surface area contributed by atoms with Crippen molar-refractivity contribution in [3.05, 3.63) is 64.1 Å². The molecule has 2 aromatic carbocycles. The molecule has 0 bridgehead atoms. The van der Waals surface area contributed by atoms with Crippen LogP contribution in [0.15, 0.2) is 47.3 Å². The van der Waals surface area contributed by atoms with Crippen LogP contribution in [0.5, 0.6) is 0 Å². The number of nitrogen functional groups attached to an aromatic ring is 1. The molecule has 1 aromatic heterocycles. The summed E-state index contributed by atoms with van der Waals surface area (Å²) in [7, 11) is 0. The number of imidazole rings is 1. The summed E-state index contributed by atoms with van der Waals surface area (Å²) in [5.41, 5.74) is 8.48. The van der Waals surface area contributed by atoms with Crippen molar-refractivity contribution in [1.29, 1.82) is 0 Å². The van der Waals surface area contributed by atoms with Gasteiger partial charge in [0, 0.05) is 11.3 Å². The fraction of sp³-hybridized carbons (Fsp3) is 0.176. The maximum absolute atomic E-state index is 12.6. The summed E-state index contributed by atoms with van der Waals surface area (Å²) in [5, 5.41) is 0. The predicted octanol–water partition coefficient (Wildman–Crippen LogP) is 2.72. The lowest BCUT2D eigenvalue weighted by atomic mass is 10.0. The molecule has 112 valence electrons. The van der Waals surface area contributed by atoms with Crippen LogP contribution in [0, 0.1) is 0 Å². The van der Waals surface area contributed by atoms with E-state index < -0.39 is 5.69 Å². The molecule has 0 unspecified atom stereocenters. The van der Waals surface area contributed by atoms with Gasteiger partial charge in [0.05, 0.1) is 11.0 Å². The van der Waals surface area contributed by atoms with Crippen LogP contribution < -0.4 is 11.4 Å². The zero-order chi connectivity index (χ0) is 15.9. The Morgan fingerprint density at radius 3 is 2.45 bits per heavy atom. The molecule has 0 saturated heterocycles. The summed E-state index contributed by atoms with van der Waals surface area (Å²) in [6.45, 7) is 4.18. The number of anilines is 1. The van der Waals surface area contributed by atoms with Crippen molar-refractivity contribution in [2.24, 2.45) is 0 Å². The highest BCUT2D eigenvalue weighted by Gasteiger charge is 2.16. The molecule has 5 nitrogen and oxygen atoms in total. The first-order valence-corrected chi connectivity index (χ1v) is 7.12. The Morgan fingerprint density at radius 1 is 1.14 bits per heavy atom. The number of fused-ring (bicyclic) bond motifs is 1. The minimum atomic E-state index is -0.460. The number of nitrogens with zero attached hydrogens (tertiary/aromatic N) is 1. The number of carbonyl (C=O) groups excluding carboxylic acids is 1. The highest BCUT2D eigenvalue weighted by Crippen LogP contribution is 2.18. The van der Waals surface area contributed by atoms with E-state index in [9.17, 15) is 9.59 Å². The average molecular weight is 295 g/mol. The second-order valence-electron chi connectivity index (χ2n) is 5.62. The van der Waals surface area contributed by atoms with Crippen LogP contribution in [0.2, 0.25) is 0 Å². The summed E-state index contributed by atoms with van der Waals surface area (Å²) in [5.74, 6) is 0.0410. The molecular weight excluding hydrogens is 278 g/mol. The van der Waals surface area contributed by atoms with E-state index >= 15 is 0 Å². The topological polar surface area (TPSA) is 80.9 Å². The zero-order valence-electron chi connectivity index (χ0n) is 12.5. The molecule has 0 amide bonds. The normalized spacial score (nSPS) is 11.2. The fourth-order valence-corrected chi connectivity index (χ4v) is 2.47. The van der Waals surface area contributed by atoms with Crippen LogP contribution in [-0.4, -0.2) is 15.5 Å². The van der Waals surface area contributed by atoms with Gasteiger partial charge in [0.2, 0.25) is 0 Å². The maximum atomic E-state index is 12.6. The van der Waals surface area contributed by atoms with Crippen molar-refractivity contribution in [2.45, 2.75) is 19.8 Å². The third-order valence-corrected chi connectivity index (χ3v) is 3.73. The minimum absolute atomic E-state index is 0.351. The molecule has 0 spiro atoms. The van der Waals surface area contributed by atoms with Crippen molar-refractivity contribution in [2.75, 3.05) is 5.73 Å². The van der Waals surface area contributed by atoms with Gasteiger partial charge in [0.25, 0.3) is 5.91 Å². The van der Waals surface area contributed by atoms with Crippen molar-refractivity contribution in [3.8, 4) is 0 Å². The van der Waals surface area contributed by atoms with E-state index in [1.165, 1.54) is 0 Å². The molecule has 5 heteroatoms. The molecule has 0 saturated carbocycles. The van der Waals surface area contributed by atoms with Crippen molar-refractivity contribution >= 4 is 22.6 Å². The molecule has 3 aromatic rings. The molecule has 3 rings (SSSR count). The number of hydrogen-bond acceptors (Lipinski definition) is 3. The highest BCUT2D eigenvalue weighted by atomic mass is 16.2. The van der Waals surface area contributed by atoms with Gasteiger partial charge in [-0.25, -0.2) is 9.36 Å². The number of aromatic amines is 1. The molecule has 0 aliphatic carbocycles. The van der Waals surface area contributed by atoms with Gasteiger partial charge >= 0.3 is 5.69 Å². The zero-order valence-corrected chi connectivity index (χ0v) is 12.5. The lowest BCUT2D eigenvalue weighted by molar-refractivity contribution is 0.0961. The van der Waals surface area contributed by atoms with E-state index in [0.29, 0.717) is 28.2 Å². The third kappa shape index (κ3) is 2.30. The number of hydrogen-bond donors (Lipinski definition) is 2. The Kier molecular flexibility index (Phi) is 3.33. The van der Waals surface area contributed by atoms with E-state index in [1.807, 2.05) is 12.1 Å². The maximum Gasteiger partial charge on any atom is 0.333 e. The van der Waals surface area contributed by atoms with Gasteiger partial charge in [0.1, 0.15) is 0 Å². The molecule has 22 heavy (non-hydrogen) atoms. The minimum Gasteiger partial charge on any atom is -0.399 e. The molecule has 0 aliphatic rings.